The standard InChI is InChI=1S/C9H10BrNO/c1-6(12)4-7-5-8(10)2-3-9(7)11/h2-3,5H,4,11H2,1H3. The van der Waals surface area contributed by atoms with Gasteiger partial charge in [0.1, 0.15) is 5.78 Å². The van der Waals surface area contributed by atoms with Crippen molar-refractivity contribution in [3.8, 4) is 0 Å². The molecule has 0 aliphatic heterocycles. The predicted molar refractivity (Wildman–Crippen MR) is 52.9 cm³/mol. The van der Waals surface area contributed by atoms with Crippen molar-refractivity contribution in [3.63, 3.8) is 0 Å². The first-order valence-corrected chi connectivity index (χ1v) is 4.42. The minimum Gasteiger partial charge on any atom is -0.398 e. The van der Waals surface area contributed by atoms with E-state index in [1.165, 1.54) is 0 Å². The predicted octanol–water partition coefficient (Wildman–Crippen LogP) is 2.16. The fraction of sp³-hybridized carbons (Fsp3) is 0.222. The van der Waals surface area contributed by atoms with Gasteiger partial charge in [0, 0.05) is 16.6 Å². The van der Waals surface area contributed by atoms with Crippen LogP contribution in [0.2, 0.25) is 0 Å². The molecular formula is C9H10BrNO. The van der Waals surface area contributed by atoms with Crippen LogP contribution in [0, 0.1) is 0 Å². The van der Waals surface area contributed by atoms with Crippen LogP contribution in [0.5, 0.6) is 0 Å². The number of benzene rings is 1. The summed E-state index contributed by atoms with van der Waals surface area (Å²) in [4.78, 5) is 10.8. The number of nitrogens with two attached hydrogens (primary N) is 1. The van der Waals surface area contributed by atoms with Crippen molar-refractivity contribution < 1.29 is 4.79 Å². The van der Waals surface area contributed by atoms with E-state index >= 15 is 0 Å². The summed E-state index contributed by atoms with van der Waals surface area (Å²) in [5.74, 6) is 0.125. The number of ketones is 1. The fourth-order valence-corrected chi connectivity index (χ4v) is 1.40. The van der Waals surface area contributed by atoms with E-state index in [0.717, 1.165) is 10.0 Å². The summed E-state index contributed by atoms with van der Waals surface area (Å²) in [7, 11) is 0. The monoisotopic (exact) mass is 227 g/mol. The first-order chi connectivity index (χ1) is 5.59. The summed E-state index contributed by atoms with van der Waals surface area (Å²) in [6, 6.07) is 5.53. The van der Waals surface area contributed by atoms with Gasteiger partial charge >= 0.3 is 0 Å². The van der Waals surface area contributed by atoms with Gasteiger partial charge in [-0.2, -0.15) is 0 Å². The molecule has 0 aromatic heterocycles. The molecule has 1 aromatic carbocycles. The third-order valence-electron chi connectivity index (χ3n) is 1.54. The van der Waals surface area contributed by atoms with Crippen molar-refractivity contribution in [2.24, 2.45) is 0 Å². The summed E-state index contributed by atoms with van der Waals surface area (Å²) < 4.78 is 0.952. The Morgan fingerprint density at radius 1 is 1.58 bits per heavy atom. The minimum atomic E-state index is 0.125. The number of anilines is 1. The van der Waals surface area contributed by atoms with E-state index in [0.29, 0.717) is 12.1 Å². The van der Waals surface area contributed by atoms with E-state index in [2.05, 4.69) is 15.9 Å². The van der Waals surface area contributed by atoms with Crippen LogP contribution in [-0.4, -0.2) is 5.78 Å². The Morgan fingerprint density at radius 2 is 2.25 bits per heavy atom. The maximum Gasteiger partial charge on any atom is 0.134 e. The molecule has 0 amide bonds. The van der Waals surface area contributed by atoms with E-state index in [4.69, 9.17) is 5.73 Å². The average Bonchev–Trinajstić information content (AvgIpc) is 1.96. The zero-order chi connectivity index (χ0) is 9.14. The first-order valence-electron chi connectivity index (χ1n) is 3.63. The highest BCUT2D eigenvalue weighted by molar-refractivity contribution is 9.10. The van der Waals surface area contributed by atoms with Crippen LogP contribution in [0.25, 0.3) is 0 Å². The Labute approximate surface area is 79.9 Å². The maximum absolute atomic E-state index is 10.8. The number of nitrogen functional groups attached to an aromatic ring is 1. The van der Waals surface area contributed by atoms with Crippen molar-refractivity contribution in [2.75, 3.05) is 5.73 Å². The number of carbonyl (C=O) groups is 1. The van der Waals surface area contributed by atoms with Gasteiger partial charge in [0.15, 0.2) is 0 Å². The highest BCUT2D eigenvalue weighted by Gasteiger charge is 2.02. The summed E-state index contributed by atoms with van der Waals surface area (Å²) in [6.45, 7) is 1.56. The van der Waals surface area contributed by atoms with Crippen LogP contribution < -0.4 is 5.73 Å². The molecule has 0 radical (unpaired) electrons. The van der Waals surface area contributed by atoms with Crippen LogP contribution in [0.4, 0.5) is 5.69 Å². The second-order valence-electron chi connectivity index (χ2n) is 2.72. The first kappa shape index (κ1) is 9.26. The normalized spacial score (nSPS) is 9.83. The number of halogens is 1. The summed E-state index contributed by atoms with van der Waals surface area (Å²) in [5, 5.41) is 0. The van der Waals surface area contributed by atoms with Gasteiger partial charge < -0.3 is 5.73 Å². The third kappa shape index (κ3) is 2.34. The SMILES string of the molecule is CC(=O)Cc1cc(Br)ccc1N. The molecule has 0 heterocycles. The lowest BCUT2D eigenvalue weighted by molar-refractivity contribution is -0.116. The van der Waals surface area contributed by atoms with Crippen LogP contribution in [-0.2, 0) is 11.2 Å². The van der Waals surface area contributed by atoms with E-state index in [9.17, 15) is 4.79 Å². The van der Waals surface area contributed by atoms with Crippen molar-refractivity contribution in [1.82, 2.24) is 0 Å². The molecule has 0 saturated heterocycles. The lowest BCUT2D eigenvalue weighted by Gasteiger charge is -2.02. The Balaban J connectivity index is 2.97. The minimum absolute atomic E-state index is 0.125. The van der Waals surface area contributed by atoms with E-state index in [-0.39, 0.29) is 5.78 Å². The van der Waals surface area contributed by atoms with Gasteiger partial charge in [0.05, 0.1) is 0 Å². The zero-order valence-electron chi connectivity index (χ0n) is 6.80. The van der Waals surface area contributed by atoms with Gasteiger partial charge in [0.25, 0.3) is 0 Å². The quantitative estimate of drug-likeness (QED) is 0.788. The van der Waals surface area contributed by atoms with Crippen LogP contribution in [0.1, 0.15) is 12.5 Å². The van der Waals surface area contributed by atoms with E-state index in [1.807, 2.05) is 12.1 Å². The number of hydrogen-bond donors (Lipinski definition) is 1. The fourth-order valence-electron chi connectivity index (χ4n) is 0.996. The molecule has 3 heteroatoms. The van der Waals surface area contributed by atoms with Crippen LogP contribution in [0.3, 0.4) is 0 Å². The largest absolute Gasteiger partial charge is 0.398 e. The summed E-state index contributed by atoms with van der Waals surface area (Å²) in [5.41, 5.74) is 7.23. The zero-order valence-corrected chi connectivity index (χ0v) is 8.39. The lowest BCUT2D eigenvalue weighted by Crippen LogP contribution is -2.00. The molecule has 1 rings (SSSR count). The molecule has 0 atom stereocenters. The second-order valence-corrected chi connectivity index (χ2v) is 3.64. The average molecular weight is 228 g/mol. The number of Topliss-reactive ketones (excluding diaryl/α,β-unsaturated/α-hetero) is 1. The Bertz CT molecular complexity index is 309. The topological polar surface area (TPSA) is 43.1 Å². The maximum atomic E-state index is 10.8. The number of rotatable bonds is 2. The molecule has 0 bridgehead atoms. The second kappa shape index (κ2) is 3.72. The molecule has 0 aliphatic rings. The molecule has 1 aromatic rings. The van der Waals surface area contributed by atoms with Crippen molar-refractivity contribution in [2.45, 2.75) is 13.3 Å². The molecule has 0 saturated carbocycles. The number of carbonyl (C=O) groups excluding carboxylic acids is 1. The third-order valence-corrected chi connectivity index (χ3v) is 2.04. The van der Waals surface area contributed by atoms with Crippen molar-refractivity contribution >= 4 is 27.4 Å². The molecule has 0 unspecified atom stereocenters. The summed E-state index contributed by atoms with van der Waals surface area (Å²) >= 11 is 3.32. The highest BCUT2D eigenvalue weighted by Crippen LogP contribution is 2.18. The lowest BCUT2D eigenvalue weighted by atomic mass is 10.1. The van der Waals surface area contributed by atoms with Gasteiger partial charge in [-0.05, 0) is 30.7 Å². The molecule has 0 aliphatic carbocycles. The Morgan fingerprint density at radius 3 is 2.83 bits per heavy atom. The molecule has 0 fully saturated rings. The summed E-state index contributed by atoms with van der Waals surface area (Å²) in [6.07, 6.45) is 0.408. The van der Waals surface area contributed by atoms with Gasteiger partial charge in [-0.3, -0.25) is 4.79 Å². The molecule has 64 valence electrons. The molecule has 2 nitrogen and oxygen atoms in total. The van der Waals surface area contributed by atoms with Gasteiger partial charge in [0.2, 0.25) is 0 Å². The van der Waals surface area contributed by atoms with Crippen LogP contribution >= 0.6 is 15.9 Å². The molecule has 2 N–H and O–H groups in total. The Kier molecular flexibility index (Phi) is 2.87. The van der Waals surface area contributed by atoms with Crippen molar-refractivity contribution in [3.05, 3.63) is 28.2 Å². The van der Waals surface area contributed by atoms with Gasteiger partial charge in [-0.15, -0.1) is 0 Å². The van der Waals surface area contributed by atoms with Gasteiger partial charge in [-0.1, -0.05) is 15.9 Å². The molecular weight excluding hydrogens is 218 g/mol. The highest BCUT2D eigenvalue weighted by atomic mass is 79.9. The Hall–Kier alpha value is -0.830. The van der Waals surface area contributed by atoms with Gasteiger partial charge in [-0.25, -0.2) is 0 Å². The van der Waals surface area contributed by atoms with E-state index in [1.54, 1.807) is 13.0 Å². The molecule has 0 spiro atoms. The number of hydrogen-bond acceptors (Lipinski definition) is 2. The van der Waals surface area contributed by atoms with Crippen LogP contribution in [0.15, 0.2) is 22.7 Å². The molecule has 12 heavy (non-hydrogen) atoms. The van der Waals surface area contributed by atoms with E-state index < -0.39 is 0 Å². The smallest absolute Gasteiger partial charge is 0.134 e. The van der Waals surface area contributed by atoms with Crippen molar-refractivity contribution in [1.29, 1.82) is 0 Å².